The molecular formula is C18H31IN4O3S. The largest absolute Gasteiger partial charge is 0.379 e. The molecule has 0 unspecified atom stereocenters. The maximum Gasteiger partial charge on any atom is 0.191 e. The third-order valence-electron chi connectivity index (χ3n) is 4.16. The molecule has 1 aromatic carbocycles. The third-order valence-corrected chi connectivity index (χ3v) is 5.29. The Bertz CT molecular complexity index is 674. The molecule has 27 heavy (non-hydrogen) atoms. The van der Waals surface area contributed by atoms with Crippen molar-refractivity contribution in [3.8, 4) is 0 Å². The van der Waals surface area contributed by atoms with E-state index in [0.29, 0.717) is 11.4 Å². The molecule has 1 aromatic rings. The second-order valence-electron chi connectivity index (χ2n) is 6.35. The van der Waals surface area contributed by atoms with E-state index in [9.17, 15) is 8.42 Å². The number of sulfone groups is 1. The maximum atomic E-state index is 11.5. The van der Waals surface area contributed by atoms with Crippen molar-refractivity contribution in [2.24, 2.45) is 4.99 Å². The van der Waals surface area contributed by atoms with Crippen LogP contribution in [0.3, 0.4) is 0 Å². The Hall–Kier alpha value is -0.910. The first-order valence-corrected chi connectivity index (χ1v) is 11.0. The molecule has 0 amide bonds. The molecule has 1 aliphatic rings. The van der Waals surface area contributed by atoms with Gasteiger partial charge < -0.3 is 15.4 Å². The van der Waals surface area contributed by atoms with Crippen LogP contribution in [0.5, 0.6) is 0 Å². The summed E-state index contributed by atoms with van der Waals surface area (Å²) in [6.45, 7) is 8.93. The van der Waals surface area contributed by atoms with E-state index in [2.05, 4.69) is 20.5 Å². The highest BCUT2D eigenvalue weighted by Crippen LogP contribution is 2.11. The molecule has 0 radical (unpaired) electrons. The van der Waals surface area contributed by atoms with Gasteiger partial charge in [0.1, 0.15) is 0 Å². The zero-order valence-electron chi connectivity index (χ0n) is 16.1. The minimum atomic E-state index is -3.16. The average molecular weight is 510 g/mol. The third kappa shape index (κ3) is 9.22. The van der Waals surface area contributed by atoms with Crippen molar-refractivity contribution in [1.82, 2.24) is 15.5 Å². The van der Waals surface area contributed by atoms with Gasteiger partial charge >= 0.3 is 0 Å². The van der Waals surface area contributed by atoms with E-state index in [0.717, 1.165) is 63.9 Å². The minimum Gasteiger partial charge on any atom is -0.379 e. The number of benzene rings is 1. The van der Waals surface area contributed by atoms with Gasteiger partial charge in [0.25, 0.3) is 0 Å². The van der Waals surface area contributed by atoms with E-state index in [1.54, 1.807) is 12.1 Å². The summed E-state index contributed by atoms with van der Waals surface area (Å²) < 4.78 is 28.4. The fourth-order valence-corrected chi connectivity index (χ4v) is 3.32. The lowest BCUT2D eigenvalue weighted by atomic mass is 10.2. The number of aliphatic imine (C=N–C) groups is 1. The van der Waals surface area contributed by atoms with Crippen molar-refractivity contribution >= 4 is 39.8 Å². The van der Waals surface area contributed by atoms with Gasteiger partial charge in [-0.3, -0.25) is 4.90 Å². The molecule has 0 spiro atoms. The molecule has 2 N–H and O–H groups in total. The molecule has 7 nitrogen and oxygen atoms in total. The summed E-state index contributed by atoms with van der Waals surface area (Å²) in [6, 6.07) is 6.87. The topological polar surface area (TPSA) is 83.0 Å². The van der Waals surface area contributed by atoms with Crippen molar-refractivity contribution < 1.29 is 13.2 Å². The number of halogens is 1. The molecule has 0 aromatic heterocycles. The minimum absolute atomic E-state index is 0. The van der Waals surface area contributed by atoms with Crippen LogP contribution in [-0.4, -0.2) is 71.5 Å². The van der Waals surface area contributed by atoms with Gasteiger partial charge in [0, 0.05) is 32.4 Å². The summed E-state index contributed by atoms with van der Waals surface area (Å²) in [5.41, 5.74) is 0.975. The smallest absolute Gasteiger partial charge is 0.191 e. The fourth-order valence-electron chi connectivity index (χ4n) is 2.69. The van der Waals surface area contributed by atoms with Gasteiger partial charge in [-0.05, 0) is 37.6 Å². The quantitative estimate of drug-likeness (QED) is 0.239. The van der Waals surface area contributed by atoms with Crippen LogP contribution in [-0.2, 0) is 21.1 Å². The van der Waals surface area contributed by atoms with E-state index < -0.39 is 9.84 Å². The summed E-state index contributed by atoms with van der Waals surface area (Å²) in [5.74, 6) is 0.779. The molecule has 0 bridgehead atoms. The first-order chi connectivity index (χ1) is 12.5. The highest BCUT2D eigenvalue weighted by Gasteiger charge is 2.09. The summed E-state index contributed by atoms with van der Waals surface area (Å²) >= 11 is 0. The highest BCUT2D eigenvalue weighted by molar-refractivity contribution is 14.0. The van der Waals surface area contributed by atoms with E-state index in [1.807, 2.05) is 19.1 Å². The predicted octanol–water partition coefficient (Wildman–Crippen LogP) is 1.49. The van der Waals surface area contributed by atoms with Crippen LogP contribution in [0.2, 0.25) is 0 Å². The molecule has 0 aliphatic carbocycles. The van der Waals surface area contributed by atoms with Gasteiger partial charge in [0.15, 0.2) is 15.8 Å². The summed E-state index contributed by atoms with van der Waals surface area (Å²) in [5, 5.41) is 6.59. The van der Waals surface area contributed by atoms with E-state index in [1.165, 1.54) is 6.26 Å². The van der Waals surface area contributed by atoms with Crippen molar-refractivity contribution in [3.63, 3.8) is 0 Å². The molecule has 154 valence electrons. The second kappa shape index (κ2) is 12.5. The SMILES string of the molecule is CCNC(=NCc1ccc(S(C)(=O)=O)cc1)NCCCN1CCOCC1.I. The molecule has 9 heteroatoms. The molecule has 2 rings (SSSR count). The van der Waals surface area contributed by atoms with Crippen LogP contribution in [0.25, 0.3) is 0 Å². The van der Waals surface area contributed by atoms with Crippen LogP contribution in [0.15, 0.2) is 34.2 Å². The molecule has 1 aliphatic heterocycles. The van der Waals surface area contributed by atoms with Gasteiger partial charge in [-0.2, -0.15) is 0 Å². The monoisotopic (exact) mass is 510 g/mol. The standard InChI is InChI=1S/C18H30N4O3S.HI/c1-3-19-18(20-9-4-10-22-11-13-25-14-12-22)21-15-16-5-7-17(8-6-16)26(2,23)24;/h5-8H,3-4,9-15H2,1-2H3,(H2,19,20,21);1H. The number of nitrogens with zero attached hydrogens (tertiary/aromatic N) is 2. The van der Waals surface area contributed by atoms with Crippen LogP contribution >= 0.6 is 24.0 Å². The zero-order valence-corrected chi connectivity index (χ0v) is 19.3. The number of morpholine rings is 1. The lowest BCUT2D eigenvalue weighted by Crippen LogP contribution is -2.40. The summed E-state index contributed by atoms with van der Waals surface area (Å²) in [7, 11) is -3.16. The molecular weight excluding hydrogens is 479 g/mol. The van der Waals surface area contributed by atoms with Crippen molar-refractivity contribution in [2.45, 2.75) is 24.8 Å². The molecule has 1 saturated heterocycles. The zero-order chi connectivity index (χ0) is 18.8. The number of hydrogen-bond acceptors (Lipinski definition) is 5. The maximum absolute atomic E-state index is 11.5. The molecule has 1 heterocycles. The Morgan fingerprint density at radius 1 is 1.19 bits per heavy atom. The van der Waals surface area contributed by atoms with E-state index in [-0.39, 0.29) is 24.0 Å². The lowest BCUT2D eigenvalue weighted by Gasteiger charge is -2.26. The Labute approximate surface area is 179 Å². The van der Waals surface area contributed by atoms with Crippen molar-refractivity contribution in [2.75, 3.05) is 52.2 Å². The van der Waals surface area contributed by atoms with Gasteiger partial charge in [-0.25, -0.2) is 13.4 Å². The van der Waals surface area contributed by atoms with Crippen LogP contribution < -0.4 is 10.6 Å². The number of ether oxygens (including phenoxy) is 1. The Morgan fingerprint density at radius 3 is 2.44 bits per heavy atom. The first kappa shape index (κ1) is 24.1. The van der Waals surface area contributed by atoms with E-state index >= 15 is 0 Å². The second-order valence-corrected chi connectivity index (χ2v) is 8.36. The summed E-state index contributed by atoms with van der Waals surface area (Å²) in [4.78, 5) is 7.32. The van der Waals surface area contributed by atoms with Crippen LogP contribution in [0, 0.1) is 0 Å². The van der Waals surface area contributed by atoms with Gasteiger partial charge in [0.05, 0.1) is 24.7 Å². The highest BCUT2D eigenvalue weighted by atomic mass is 127. The van der Waals surface area contributed by atoms with Gasteiger partial charge in [0.2, 0.25) is 0 Å². The number of guanidine groups is 1. The van der Waals surface area contributed by atoms with E-state index in [4.69, 9.17) is 4.74 Å². The lowest BCUT2D eigenvalue weighted by molar-refractivity contribution is 0.0376. The van der Waals surface area contributed by atoms with Gasteiger partial charge in [-0.1, -0.05) is 12.1 Å². The molecule has 0 saturated carbocycles. The normalized spacial score (nSPS) is 15.9. The van der Waals surface area contributed by atoms with Gasteiger partial charge in [-0.15, -0.1) is 24.0 Å². The Morgan fingerprint density at radius 2 is 1.85 bits per heavy atom. The van der Waals surface area contributed by atoms with Crippen molar-refractivity contribution in [1.29, 1.82) is 0 Å². The molecule has 1 fully saturated rings. The fraction of sp³-hybridized carbons (Fsp3) is 0.611. The van der Waals surface area contributed by atoms with Crippen LogP contribution in [0.4, 0.5) is 0 Å². The average Bonchev–Trinajstić information content (AvgIpc) is 2.63. The Balaban J connectivity index is 0.00000364. The van der Waals surface area contributed by atoms with Crippen molar-refractivity contribution in [3.05, 3.63) is 29.8 Å². The predicted molar refractivity (Wildman–Crippen MR) is 120 cm³/mol. The first-order valence-electron chi connectivity index (χ1n) is 9.10. The Kier molecular flexibility index (Phi) is 11.2. The number of nitrogens with one attached hydrogen (secondary N) is 2. The number of hydrogen-bond donors (Lipinski definition) is 2. The summed E-state index contributed by atoms with van der Waals surface area (Å²) in [6.07, 6.45) is 2.26. The molecule has 0 atom stereocenters. The van der Waals surface area contributed by atoms with Crippen LogP contribution in [0.1, 0.15) is 18.9 Å². The number of rotatable bonds is 8.